The lowest BCUT2D eigenvalue weighted by Gasteiger charge is -2.39. The van der Waals surface area contributed by atoms with Crippen LogP contribution >= 0.6 is 0 Å². The van der Waals surface area contributed by atoms with Gasteiger partial charge in [-0.25, -0.2) is 4.98 Å². The maximum absolute atomic E-state index is 4.36. The van der Waals surface area contributed by atoms with Crippen molar-refractivity contribution in [2.45, 2.75) is 32.7 Å². The van der Waals surface area contributed by atoms with Crippen LogP contribution < -0.4 is 4.90 Å². The summed E-state index contributed by atoms with van der Waals surface area (Å²) in [5, 5.41) is 0. The van der Waals surface area contributed by atoms with E-state index in [1.807, 2.05) is 6.20 Å². The van der Waals surface area contributed by atoms with Crippen LogP contribution in [0.3, 0.4) is 0 Å². The molecule has 94 valence electrons. The highest BCUT2D eigenvalue weighted by Gasteiger charge is 2.22. The van der Waals surface area contributed by atoms with E-state index in [9.17, 15) is 0 Å². The van der Waals surface area contributed by atoms with E-state index in [2.05, 4.69) is 33.6 Å². The van der Waals surface area contributed by atoms with Crippen LogP contribution in [0.2, 0.25) is 0 Å². The van der Waals surface area contributed by atoms with Gasteiger partial charge in [-0.1, -0.05) is 13.8 Å². The summed E-state index contributed by atoms with van der Waals surface area (Å²) >= 11 is 0. The van der Waals surface area contributed by atoms with Crippen LogP contribution in [0.25, 0.3) is 0 Å². The predicted molar refractivity (Wildman–Crippen MR) is 70.2 cm³/mol. The van der Waals surface area contributed by atoms with Gasteiger partial charge in [-0.15, -0.1) is 0 Å². The number of aromatic nitrogens is 2. The van der Waals surface area contributed by atoms with Crippen molar-refractivity contribution in [1.29, 1.82) is 0 Å². The Hall–Kier alpha value is -1.16. The van der Waals surface area contributed by atoms with E-state index < -0.39 is 0 Å². The van der Waals surface area contributed by atoms with Crippen molar-refractivity contribution >= 4 is 5.82 Å². The second-order valence-corrected chi connectivity index (χ2v) is 4.56. The van der Waals surface area contributed by atoms with Crippen molar-refractivity contribution in [3.05, 3.63) is 18.6 Å². The summed E-state index contributed by atoms with van der Waals surface area (Å²) in [6, 6.07) is 0.749. The molecule has 2 heterocycles. The maximum atomic E-state index is 4.36. The van der Waals surface area contributed by atoms with Crippen molar-refractivity contribution in [2.75, 3.05) is 31.1 Å². The smallest absolute Gasteiger partial charge is 0.147 e. The van der Waals surface area contributed by atoms with E-state index in [-0.39, 0.29) is 0 Å². The van der Waals surface area contributed by atoms with E-state index in [4.69, 9.17) is 0 Å². The lowest BCUT2D eigenvalue weighted by molar-refractivity contribution is 0.175. The Morgan fingerprint density at radius 1 is 1.12 bits per heavy atom. The molecule has 0 aromatic carbocycles. The standard InChI is InChI=1S/C13H22N4/c1-3-12(4-2)16-7-9-17(10-8-16)13-11-14-5-6-15-13/h5-6,11-12H,3-4,7-10H2,1-2H3. The molecule has 4 heteroatoms. The molecule has 1 saturated heterocycles. The molecule has 0 saturated carbocycles. The van der Waals surface area contributed by atoms with Gasteiger partial charge in [-0.05, 0) is 12.8 Å². The van der Waals surface area contributed by atoms with Gasteiger partial charge < -0.3 is 4.90 Å². The molecule has 1 aromatic heterocycles. The maximum Gasteiger partial charge on any atom is 0.147 e. The lowest BCUT2D eigenvalue weighted by atomic mass is 10.1. The van der Waals surface area contributed by atoms with E-state index in [1.165, 1.54) is 12.8 Å². The third-order valence-electron chi connectivity index (χ3n) is 3.65. The molecule has 4 nitrogen and oxygen atoms in total. The van der Waals surface area contributed by atoms with Crippen molar-refractivity contribution in [3.63, 3.8) is 0 Å². The summed E-state index contributed by atoms with van der Waals surface area (Å²) < 4.78 is 0. The summed E-state index contributed by atoms with van der Waals surface area (Å²) in [6.07, 6.45) is 7.85. The van der Waals surface area contributed by atoms with Crippen molar-refractivity contribution in [1.82, 2.24) is 14.9 Å². The van der Waals surface area contributed by atoms with Gasteiger partial charge in [0.05, 0.1) is 6.20 Å². The Labute approximate surface area is 104 Å². The Morgan fingerprint density at radius 2 is 1.82 bits per heavy atom. The largest absolute Gasteiger partial charge is 0.353 e. The van der Waals surface area contributed by atoms with Gasteiger partial charge in [-0.2, -0.15) is 0 Å². The first-order chi connectivity index (χ1) is 8.35. The highest BCUT2D eigenvalue weighted by molar-refractivity contribution is 5.35. The first-order valence-corrected chi connectivity index (χ1v) is 6.60. The van der Waals surface area contributed by atoms with Gasteiger partial charge in [-0.3, -0.25) is 9.88 Å². The van der Waals surface area contributed by atoms with Gasteiger partial charge in [0, 0.05) is 44.6 Å². The van der Waals surface area contributed by atoms with Crippen molar-refractivity contribution in [2.24, 2.45) is 0 Å². The van der Waals surface area contributed by atoms with E-state index in [0.29, 0.717) is 0 Å². The molecule has 0 radical (unpaired) electrons. The number of hydrogen-bond acceptors (Lipinski definition) is 4. The molecule has 0 spiro atoms. The van der Waals surface area contributed by atoms with Crippen LogP contribution in [0.1, 0.15) is 26.7 Å². The Bertz CT molecular complexity index is 315. The van der Waals surface area contributed by atoms with Gasteiger partial charge in [0.1, 0.15) is 5.82 Å². The molecule has 0 unspecified atom stereocenters. The number of hydrogen-bond donors (Lipinski definition) is 0. The van der Waals surface area contributed by atoms with Gasteiger partial charge in [0.2, 0.25) is 0 Å². The number of piperazine rings is 1. The first-order valence-electron chi connectivity index (χ1n) is 6.60. The average molecular weight is 234 g/mol. The van der Waals surface area contributed by atoms with E-state index >= 15 is 0 Å². The molecule has 1 fully saturated rings. The molecule has 1 aliphatic heterocycles. The normalized spacial score (nSPS) is 17.7. The summed E-state index contributed by atoms with van der Waals surface area (Å²) in [5.41, 5.74) is 0. The molecule has 2 rings (SSSR count). The molecule has 0 amide bonds. The molecule has 0 bridgehead atoms. The predicted octanol–water partition coefficient (Wildman–Crippen LogP) is 1.79. The zero-order valence-corrected chi connectivity index (χ0v) is 10.8. The van der Waals surface area contributed by atoms with Crippen LogP contribution in [0.15, 0.2) is 18.6 Å². The van der Waals surface area contributed by atoms with E-state index in [1.54, 1.807) is 12.4 Å². The SMILES string of the molecule is CCC(CC)N1CCN(c2cnccn2)CC1. The van der Waals surface area contributed by atoms with Gasteiger partial charge >= 0.3 is 0 Å². The van der Waals surface area contributed by atoms with Crippen LogP contribution in [0.5, 0.6) is 0 Å². The zero-order valence-electron chi connectivity index (χ0n) is 10.8. The lowest BCUT2D eigenvalue weighted by Crippen LogP contribution is -2.50. The number of anilines is 1. The molecule has 1 aromatic rings. The fraction of sp³-hybridized carbons (Fsp3) is 0.692. The fourth-order valence-electron chi connectivity index (χ4n) is 2.58. The van der Waals surface area contributed by atoms with Crippen molar-refractivity contribution < 1.29 is 0 Å². The Balaban J connectivity index is 1.90. The minimum absolute atomic E-state index is 0.749. The second-order valence-electron chi connectivity index (χ2n) is 4.56. The second kappa shape index (κ2) is 5.96. The minimum atomic E-state index is 0.749. The van der Waals surface area contributed by atoms with Gasteiger partial charge in [0.25, 0.3) is 0 Å². The highest BCUT2D eigenvalue weighted by Crippen LogP contribution is 2.15. The molecular formula is C13H22N4. The topological polar surface area (TPSA) is 32.3 Å². The number of rotatable bonds is 4. The molecule has 0 atom stereocenters. The quantitative estimate of drug-likeness (QED) is 0.795. The van der Waals surface area contributed by atoms with Crippen LogP contribution in [0.4, 0.5) is 5.82 Å². The molecule has 1 aliphatic rings. The van der Waals surface area contributed by atoms with Crippen LogP contribution in [0, 0.1) is 0 Å². The molecule has 0 aliphatic carbocycles. The summed E-state index contributed by atoms with van der Waals surface area (Å²) in [5.74, 6) is 1.01. The first kappa shape index (κ1) is 12.3. The minimum Gasteiger partial charge on any atom is -0.353 e. The van der Waals surface area contributed by atoms with Gasteiger partial charge in [0.15, 0.2) is 0 Å². The van der Waals surface area contributed by atoms with Crippen LogP contribution in [-0.2, 0) is 0 Å². The fourth-order valence-corrected chi connectivity index (χ4v) is 2.58. The molecule has 0 N–H and O–H groups in total. The summed E-state index contributed by atoms with van der Waals surface area (Å²) in [7, 11) is 0. The van der Waals surface area contributed by atoms with E-state index in [0.717, 1.165) is 38.0 Å². The third kappa shape index (κ3) is 2.94. The molecule has 17 heavy (non-hydrogen) atoms. The highest BCUT2D eigenvalue weighted by atomic mass is 15.3. The summed E-state index contributed by atoms with van der Waals surface area (Å²) in [4.78, 5) is 13.4. The Morgan fingerprint density at radius 3 is 2.35 bits per heavy atom. The zero-order chi connectivity index (χ0) is 12.1. The average Bonchev–Trinajstić information content (AvgIpc) is 2.42. The summed E-state index contributed by atoms with van der Waals surface area (Å²) in [6.45, 7) is 8.97. The third-order valence-corrected chi connectivity index (χ3v) is 3.65. The molecular weight excluding hydrogens is 212 g/mol. The van der Waals surface area contributed by atoms with Crippen LogP contribution in [-0.4, -0.2) is 47.1 Å². The number of nitrogens with zero attached hydrogens (tertiary/aromatic N) is 4. The Kier molecular flexibility index (Phi) is 4.31. The monoisotopic (exact) mass is 234 g/mol. The van der Waals surface area contributed by atoms with Crippen molar-refractivity contribution in [3.8, 4) is 0 Å².